The maximum atomic E-state index is 11.6. The molecule has 3 nitrogen and oxygen atoms in total. The van der Waals surface area contributed by atoms with Crippen molar-refractivity contribution in [2.75, 3.05) is 6.54 Å². The molecule has 17 heavy (non-hydrogen) atoms. The summed E-state index contributed by atoms with van der Waals surface area (Å²) < 4.78 is 0. The van der Waals surface area contributed by atoms with Crippen LogP contribution in [0.1, 0.15) is 37.9 Å². The maximum Gasteiger partial charge on any atom is 0.234 e. The van der Waals surface area contributed by atoms with Gasteiger partial charge in [0.25, 0.3) is 0 Å². The van der Waals surface area contributed by atoms with Crippen molar-refractivity contribution in [3.05, 3.63) is 35.4 Å². The Morgan fingerprint density at radius 2 is 1.76 bits per heavy atom. The van der Waals surface area contributed by atoms with E-state index < -0.39 is 0 Å². The van der Waals surface area contributed by atoms with Gasteiger partial charge in [-0.25, -0.2) is 0 Å². The summed E-state index contributed by atoms with van der Waals surface area (Å²) in [4.78, 5) is 11.6. The second-order valence-corrected chi connectivity index (χ2v) is 4.74. The third-order valence-electron chi connectivity index (χ3n) is 2.63. The third kappa shape index (κ3) is 5.00. The number of amides is 1. The maximum absolute atomic E-state index is 11.6. The zero-order chi connectivity index (χ0) is 12.8. The first-order chi connectivity index (χ1) is 7.99. The first-order valence-electron chi connectivity index (χ1n) is 6.08. The van der Waals surface area contributed by atoms with Gasteiger partial charge in [-0.2, -0.15) is 0 Å². The Morgan fingerprint density at radius 3 is 2.29 bits per heavy atom. The standard InChI is InChI=1S/C14H22N2O/c1-10(2)15-9-14(17)16-12(4)13-7-5-11(3)6-8-13/h5-8,10,12,15H,9H2,1-4H3,(H,16,17)/t12-/m0/s1. The van der Waals surface area contributed by atoms with Crippen molar-refractivity contribution in [2.45, 2.75) is 39.8 Å². The van der Waals surface area contributed by atoms with Crippen molar-refractivity contribution in [1.29, 1.82) is 0 Å². The van der Waals surface area contributed by atoms with Crippen LogP contribution in [-0.2, 0) is 4.79 Å². The molecule has 1 atom stereocenters. The molecule has 0 saturated heterocycles. The van der Waals surface area contributed by atoms with Gasteiger partial charge >= 0.3 is 0 Å². The highest BCUT2D eigenvalue weighted by Crippen LogP contribution is 2.12. The van der Waals surface area contributed by atoms with Crippen molar-refractivity contribution >= 4 is 5.91 Å². The quantitative estimate of drug-likeness (QED) is 0.820. The zero-order valence-corrected chi connectivity index (χ0v) is 11.1. The molecule has 2 N–H and O–H groups in total. The summed E-state index contributed by atoms with van der Waals surface area (Å²) in [5.41, 5.74) is 2.36. The van der Waals surface area contributed by atoms with Gasteiger partial charge < -0.3 is 10.6 Å². The van der Waals surface area contributed by atoms with Gasteiger partial charge in [0, 0.05) is 6.04 Å². The van der Waals surface area contributed by atoms with Gasteiger partial charge in [0.05, 0.1) is 12.6 Å². The molecule has 0 aliphatic rings. The summed E-state index contributed by atoms with van der Waals surface area (Å²) in [6.07, 6.45) is 0. The Balaban J connectivity index is 2.46. The molecular weight excluding hydrogens is 212 g/mol. The van der Waals surface area contributed by atoms with Crippen LogP contribution in [0, 0.1) is 6.92 Å². The predicted octanol–water partition coefficient (Wildman–Crippen LogP) is 2.17. The van der Waals surface area contributed by atoms with Crippen molar-refractivity contribution in [1.82, 2.24) is 10.6 Å². The van der Waals surface area contributed by atoms with E-state index in [0.717, 1.165) is 5.56 Å². The van der Waals surface area contributed by atoms with Gasteiger partial charge in [0.1, 0.15) is 0 Å². The molecule has 0 aliphatic heterocycles. The molecular formula is C14H22N2O. The largest absolute Gasteiger partial charge is 0.348 e. The van der Waals surface area contributed by atoms with Gasteiger partial charge in [-0.05, 0) is 19.4 Å². The first-order valence-corrected chi connectivity index (χ1v) is 6.08. The minimum Gasteiger partial charge on any atom is -0.348 e. The van der Waals surface area contributed by atoms with Crippen molar-refractivity contribution in [3.8, 4) is 0 Å². The van der Waals surface area contributed by atoms with Gasteiger partial charge in [-0.15, -0.1) is 0 Å². The molecule has 0 heterocycles. The first kappa shape index (κ1) is 13.7. The lowest BCUT2D eigenvalue weighted by molar-refractivity contribution is -0.121. The molecule has 3 heteroatoms. The van der Waals surface area contributed by atoms with Crippen LogP contribution in [0.25, 0.3) is 0 Å². The molecule has 0 radical (unpaired) electrons. The third-order valence-corrected chi connectivity index (χ3v) is 2.63. The van der Waals surface area contributed by atoms with E-state index in [1.807, 2.05) is 20.8 Å². The predicted molar refractivity (Wildman–Crippen MR) is 70.9 cm³/mol. The smallest absolute Gasteiger partial charge is 0.234 e. The fourth-order valence-corrected chi connectivity index (χ4v) is 1.53. The van der Waals surface area contributed by atoms with E-state index in [1.54, 1.807) is 0 Å². The number of aryl methyl sites for hydroxylation is 1. The molecule has 0 bridgehead atoms. The van der Waals surface area contributed by atoms with Crippen molar-refractivity contribution in [2.24, 2.45) is 0 Å². The minimum atomic E-state index is 0.0341. The Labute approximate surface area is 104 Å². The normalized spacial score (nSPS) is 12.5. The summed E-state index contributed by atoms with van der Waals surface area (Å²) in [7, 11) is 0. The van der Waals surface area contributed by atoms with Crippen molar-refractivity contribution < 1.29 is 4.79 Å². The number of hydrogen-bond acceptors (Lipinski definition) is 2. The molecule has 0 saturated carbocycles. The van der Waals surface area contributed by atoms with Gasteiger partial charge in [0.15, 0.2) is 0 Å². The second-order valence-electron chi connectivity index (χ2n) is 4.74. The Bertz CT molecular complexity index is 357. The Hall–Kier alpha value is -1.35. The van der Waals surface area contributed by atoms with E-state index in [0.29, 0.717) is 12.6 Å². The molecule has 1 amide bonds. The SMILES string of the molecule is Cc1ccc([C@H](C)NC(=O)CNC(C)C)cc1. The van der Waals surface area contributed by atoms with Gasteiger partial charge in [-0.3, -0.25) is 4.79 Å². The van der Waals surface area contributed by atoms with Gasteiger partial charge in [-0.1, -0.05) is 43.7 Å². The molecule has 0 aromatic heterocycles. The molecule has 1 aromatic rings. The molecule has 0 aliphatic carbocycles. The van der Waals surface area contributed by atoms with E-state index in [4.69, 9.17) is 0 Å². The number of benzene rings is 1. The highest BCUT2D eigenvalue weighted by molar-refractivity contribution is 5.78. The fraction of sp³-hybridized carbons (Fsp3) is 0.500. The lowest BCUT2D eigenvalue weighted by atomic mass is 10.1. The Kier molecular flexibility index (Phi) is 5.16. The number of carbonyl (C=O) groups excluding carboxylic acids is 1. The average Bonchev–Trinajstić information content (AvgIpc) is 2.27. The highest BCUT2D eigenvalue weighted by atomic mass is 16.1. The highest BCUT2D eigenvalue weighted by Gasteiger charge is 2.09. The minimum absolute atomic E-state index is 0.0341. The lowest BCUT2D eigenvalue weighted by Crippen LogP contribution is -2.37. The molecule has 0 unspecified atom stereocenters. The molecule has 1 aromatic carbocycles. The van der Waals surface area contributed by atoms with E-state index in [1.165, 1.54) is 5.56 Å². The van der Waals surface area contributed by atoms with Crippen LogP contribution >= 0.6 is 0 Å². The van der Waals surface area contributed by atoms with Crippen LogP contribution in [0.3, 0.4) is 0 Å². The zero-order valence-electron chi connectivity index (χ0n) is 11.1. The summed E-state index contributed by atoms with van der Waals surface area (Å²) in [6.45, 7) is 8.47. The van der Waals surface area contributed by atoms with Crippen molar-refractivity contribution in [3.63, 3.8) is 0 Å². The monoisotopic (exact) mass is 234 g/mol. The van der Waals surface area contributed by atoms with Crippen LogP contribution in [-0.4, -0.2) is 18.5 Å². The fourth-order valence-electron chi connectivity index (χ4n) is 1.53. The molecule has 1 rings (SSSR count). The summed E-state index contributed by atoms with van der Waals surface area (Å²) in [6, 6.07) is 8.61. The number of rotatable bonds is 5. The Morgan fingerprint density at radius 1 is 1.18 bits per heavy atom. The molecule has 94 valence electrons. The van der Waals surface area contributed by atoms with E-state index in [9.17, 15) is 4.79 Å². The van der Waals surface area contributed by atoms with Gasteiger partial charge in [0.2, 0.25) is 5.91 Å². The van der Waals surface area contributed by atoms with Crippen LogP contribution in [0.5, 0.6) is 0 Å². The number of carbonyl (C=O) groups is 1. The van der Waals surface area contributed by atoms with E-state index >= 15 is 0 Å². The van der Waals surface area contributed by atoms with Crippen LogP contribution in [0.15, 0.2) is 24.3 Å². The summed E-state index contributed by atoms with van der Waals surface area (Å²) >= 11 is 0. The topological polar surface area (TPSA) is 41.1 Å². The van der Waals surface area contributed by atoms with Crippen LogP contribution in [0.2, 0.25) is 0 Å². The van der Waals surface area contributed by atoms with E-state index in [-0.39, 0.29) is 11.9 Å². The summed E-state index contributed by atoms with van der Waals surface area (Å²) in [5.74, 6) is 0.0341. The molecule has 0 fully saturated rings. The molecule has 0 spiro atoms. The van der Waals surface area contributed by atoms with Crippen LogP contribution < -0.4 is 10.6 Å². The average molecular weight is 234 g/mol. The second kappa shape index (κ2) is 6.40. The summed E-state index contributed by atoms with van der Waals surface area (Å²) in [5, 5.41) is 6.07. The lowest BCUT2D eigenvalue weighted by Gasteiger charge is -2.15. The van der Waals surface area contributed by atoms with Crippen LogP contribution in [0.4, 0.5) is 0 Å². The number of hydrogen-bond donors (Lipinski definition) is 2. The number of nitrogens with one attached hydrogen (secondary N) is 2. The van der Waals surface area contributed by atoms with E-state index in [2.05, 4.69) is 41.8 Å².